The predicted molar refractivity (Wildman–Crippen MR) is 127 cm³/mol. The summed E-state index contributed by atoms with van der Waals surface area (Å²) >= 11 is 0. The van der Waals surface area contributed by atoms with Crippen molar-refractivity contribution < 1.29 is 4.74 Å². The van der Waals surface area contributed by atoms with Gasteiger partial charge in [-0.25, -0.2) is 9.67 Å². The van der Waals surface area contributed by atoms with Gasteiger partial charge < -0.3 is 15.4 Å². The summed E-state index contributed by atoms with van der Waals surface area (Å²) in [4.78, 5) is 8.35. The molecule has 1 aliphatic carbocycles. The average molecular weight is 433 g/mol. The van der Waals surface area contributed by atoms with E-state index in [1.165, 1.54) is 35.1 Å². The van der Waals surface area contributed by atoms with E-state index in [9.17, 15) is 0 Å². The van der Waals surface area contributed by atoms with Gasteiger partial charge in [-0.3, -0.25) is 4.99 Å². The average Bonchev–Trinajstić information content (AvgIpc) is 3.52. The minimum absolute atomic E-state index is 0.703. The molecule has 7 nitrogen and oxygen atoms in total. The highest BCUT2D eigenvalue weighted by atomic mass is 16.5. The van der Waals surface area contributed by atoms with Crippen molar-refractivity contribution >= 4 is 5.96 Å². The van der Waals surface area contributed by atoms with Crippen LogP contribution in [-0.2, 0) is 17.8 Å². The molecule has 1 aromatic heterocycles. The Hall–Kier alpha value is -3.19. The lowest BCUT2D eigenvalue weighted by molar-refractivity contribution is 0.123. The molecule has 0 saturated heterocycles. The lowest BCUT2D eigenvalue weighted by atomic mass is 9.98. The number of hydrogen-bond acceptors (Lipinski definition) is 4. The quantitative estimate of drug-likeness (QED) is 0.276. The molecule has 1 saturated carbocycles. The predicted octanol–water partition coefficient (Wildman–Crippen LogP) is 3.48. The van der Waals surface area contributed by atoms with Crippen LogP contribution in [0.25, 0.3) is 11.1 Å². The van der Waals surface area contributed by atoms with Gasteiger partial charge in [0.15, 0.2) is 5.96 Å². The van der Waals surface area contributed by atoms with Crippen molar-refractivity contribution in [3.05, 3.63) is 72.3 Å². The Labute approximate surface area is 189 Å². The maximum absolute atomic E-state index is 5.70. The van der Waals surface area contributed by atoms with Crippen molar-refractivity contribution in [3.63, 3.8) is 0 Å². The summed E-state index contributed by atoms with van der Waals surface area (Å²) in [6.45, 7) is 3.99. The van der Waals surface area contributed by atoms with Crippen molar-refractivity contribution in [3.8, 4) is 11.1 Å². The van der Waals surface area contributed by atoms with Gasteiger partial charge in [0, 0.05) is 33.4 Å². The Morgan fingerprint density at radius 1 is 1.12 bits per heavy atom. The summed E-state index contributed by atoms with van der Waals surface area (Å²) in [6.07, 6.45) is 6.94. The van der Waals surface area contributed by atoms with E-state index in [1.54, 1.807) is 19.7 Å². The minimum Gasteiger partial charge on any atom is -0.381 e. The van der Waals surface area contributed by atoms with Gasteiger partial charge in [0.05, 0.1) is 6.54 Å². The van der Waals surface area contributed by atoms with E-state index in [0.717, 1.165) is 44.6 Å². The third-order valence-electron chi connectivity index (χ3n) is 5.57. The van der Waals surface area contributed by atoms with Crippen molar-refractivity contribution in [2.45, 2.75) is 32.4 Å². The summed E-state index contributed by atoms with van der Waals surface area (Å²) in [5.41, 5.74) is 4.84. The summed E-state index contributed by atoms with van der Waals surface area (Å²) in [6, 6.07) is 17.1. The number of benzene rings is 2. The zero-order valence-electron chi connectivity index (χ0n) is 18.7. The molecule has 0 aliphatic heterocycles. The number of guanidine groups is 1. The topological polar surface area (TPSA) is 76.4 Å². The summed E-state index contributed by atoms with van der Waals surface area (Å²) in [5.74, 6) is 1.63. The van der Waals surface area contributed by atoms with Gasteiger partial charge in [0.25, 0.3) is 0 Å². The number of nitrogens with zero attached hydrogens (tertiary/aromatic N) is 4. The van der Waals surface area contributed by atoms with Crippen LogP contribution in [-0.4, -0.2) is 47.5 Å². The molecule has 0 bridgehead atoms. The van der Waals surface area contributed by atoms with E-state index >= 15 is 0 Å². The molecule has 0 unspecified atom stereocenters. The molecule has 2 N–H and O–H groups in total. The van der Waals surface area contributed by atoms with Gasteiger partial charge in [-0.05, 0) is 47.4 Å². The van der Waals surface area contributed by atoms with Crippen LogP contribution in [0.3, 0.4) is 0 Å². The van der Waals surface area contributed by atoms with Crippen molar-refractivity contribution in [2.75, 3.05) is 26.8 Å². The van der Waals surface area contributed by atoms with Gasteiger partial charge in [0.1, 0.15) is 12.7 Å². The first-order valence-corrected chi connectivity index (χ1v) is 11.3. The van der Waals surface area contributed by atoms with E-state index in [0.29, 0.717) is 6.54 Å². The van der Waals surface area contributed by atoms with Crippen LogP contribution in [0.5, 0.6) is 0 Å². The maximum Gasteiger partial charge on any atom is 0.191 e. The van der Waals surface area contributed by atoms with Crippen molar-refractivity contribution in [1.29, 1.82) is 0 Å². The summed E-state index contributed by atoms with van der Waals surface area (Å²) < 4.78 is 7.52. The Morgan fingerprint density at radius 2 is 1.97 bits per heavy atom. The van der Waals surface area contributed by atoms with Gasteiger partial charge in [0.2, 0.25) is 0 Å². The molecule has 32 heavy (non-hydrogen) atoms. The monoisotopic (exact) mass is 432 g/mol. The fourth-order valence-corrected chi connectivity index (χ4v) is 3.56. The van der Waals surface area contributed by atoms with Crippen LogP contribution in [0, 0.1) is 5.92 Å². The summed E-state index contributed by atoms with van der Waals surface area (Å²) in [5, 5.41) is 11.0. The second-order valence-corrected chi connectivity index (χ2v) is 8.17. The Bertz CT molecular complexity index is 980. The van der Waals surface area contributed by atoms with Crippen LogP contribution < -0.4 is 10.6 Å². The molecular formula is C25H32N6O. The molecule has 0 atom stereocenters. The third-order valence-corrected chi connectivity index (χ3v) is 5.57. The second kappa shape index (κ2) is 11.4. The number of nitrogens with one attached hydrogen (secondary N) is 2. The zero-order valence-corrected chi connectivity index (χ0v) is 18.7. The third kappa shape index (κ3) is 6.65. The molecule has 0 radical (unpaired) electrons. The van der Waals surface area contributed by atoms with E-state index in [1.807, 2.05) is 4.68 Å². The molecule has 2 aromatic carbocycles. The first-order valence-electron chi connectivity index (χ1n) is 11.3. The Kier molecular flexibility index (Phi) is 7.87. The van der Waals surface area contributed by atoms with E-state index in [4.69, 9.17) is 4.74 Å². The first kappa shape index (κ1) is 22.0. The number of aliphatic imine (C=N–C) groups is 1. The largest absolute Gasteiger partial charge is 0.381 e. The molecular weight excluding hydrogens is 400 g/mol. The Morgan fingerprint density at radius 3 is 2.72 bits per heavy atom. The summed E-state index contributed by atoms with van der Waals surface area (Å²) in [7, 11) is 1.80. The van der Waals surface area contributed by atoms with Gasteiger partial charge >= 0.3 is 0 Å². The molecule has 7 heteroatoms. The van der Waals surface area contributed by atoms with Crippen molar-refractivity contribution in [1.82, 2.24) is 25.4 Å². The van der Waals surface area contributed by atoms with Crippen LogP contribution >= 0.6 is 0 Å². The number of ether oxygens (including phenoxy) is 1. The number of aromatic nitrogens is 3. The smallest absolute Gasteiger partial charge is 0.191 e. The highest BCUT2D eigenvalue weighted by Crippen LogP contribution is 2.28. The number of rotatable bonds is 11. The Balaban J connectivity index is 1.28. The van der Waals surface area contributed by atoms with Crippen LogP contribution in [0.15, 0.2) is 66.2 Å². The molecule has 1 aliphatic rings. The van der Waals surface area contributed by atoms with Crippen LogP contribution in [0.1, 0.15) is 30.4 Å². The fraction of sp³-hybridized carbons (Fsp3) is 0.400. The molecule has 0 amide bonds. The maximum atomic E-state index is 5.70. The van der Waals surface area contributed by atoms with Gasteiger partial charge in [-0.2, -0.15) is 5.10 Å². The lowest BCUT2D eigenvalue weighted by Crippen LogP contribution is -2.37. The first-order chi connectivity index (χ1) is 15.8. The van der Waals surface area contributed by atoms with Crippen LogP contribution in [0.2, 0.25) is 0 Å². The zero-order chi connectivity index (χ0) is 22.0. The number of hydrogen-bond donors (Lipinski definition) is 2. The van der Waals surface area contributed by atoms with E-state index in [2.05, 4.69) is 74.2 Å². The standard InChI is InChI=1S/C25H32N6O/c1-26-25(28-13-4-14-32-17-21-7-8-21)29-15-23-5-2-3-6-24(23)22-11-9-20(10-12-22)16-31-19-27-18-30-31/h2-3,5-6,9-12,18-19,21H,4,7-8,13-17H2,1H3,(H2,26,28,29). The SMILES string of the molecule is CN=C(NCCCOCC1CC1)NCc1ccccc1-c1ccc(Cn2cncn2)cc1. The molecule has 1 fully saturated rings. The van der Waals surface area contributed by atoms with E-state index < -0.39 is 0 Å². The van der Waals surface area contributed by atoms with Crippen molar-refractivity contribution in [2.24, 2.45) is 10.9 Å². The molecule has 3 aromatic rings. The minimum atomic E-state index is 0.703. The molecule has 0 spiro atoms. The van der Waals surface area contributed by atoms with Gasteiger partial charge in [-0.15, -0.1) is 0 Å². The van der Waals surface area contributed by atoms with Gasteiger partial charge in [-0.1, -0.05) is 48.5 Å². The second-order valence-electron chi connectivity index (χ2n) is 8.17. The molecule has 168 valence electrons. The fourth-order valence-electron chi connectivity index (χ4n) is 3.56. The normalized spacial score (nSPS) is 13.8. The molecule has 4 rings (SSSR count). The van der Waals surface area contributed by atoms with E-state index in [-0.39, 0.29) is 0 Å². The molecule has 1 heterocycles. The lowest BCUT2D eigenvalue weighted by Gasteiger charge is -2.15. The highest BCUT2D eigenvalue weighted by molar-refractivity contribution is 5.80. The van der Waals surface area contributed by atoms with Crippen LogP contribution in [0.4, 0.5) is 0 Å². The highest BCUT2D eigenvalue weighted by Gasteiger charge is 2.20.